The summed E-state index contributed by atoms with van der Waals surface area (Å²) in [5.74, 6) is 0.0402. The number of aromatic nitrogens is 2. The highest BCUT2D eigenvalue weighted by atomic mass is 19.4. The largest absolute Gasteiger partial charge is 0.433 e. The Morgan fingerprint density at radius 3 is 2.95 bits per heavy atom. The molecule has 0 aromatic carbocycles. The highest BCUT2D eigenvalue weighted by Crippen LogP contribution is 2.27. The van der Waals surface area contributed by atoms with Crippen molar-refractivity contribution in [3.63, 3.8) is 0 Å². The van der Waals surface area contributed by atoms with Gasteiger partial charge in [0.2, 0.25) is 0 Å². The molecule has 124 valence electrons. The molecule has 1 fully saturated rings. The number of alkyl halides is 3. The number of nitrogens with one attached hydrogen (secondary N) is 2. The lowest BCUT2D eigenvalue weighted by Gasteiger charge is -2.26. The number of rotatable bonds is 4. The summed E-state index contributed by atoms with van der Waals surface area (Å²) in [5, 5.41) is 16.2. The fourth-order valence-corrected chi connectivity index (χ4v) is 2.15. The van der Waals surface area contributed by atoms with Crippen molar-refractivity contribution in [1.29, 1.82) is 0 Å². The third kappa shape index (κ3) is 4.87. The van der Waals surface area contributed by atoms with Crippen molar-refractivity contribution in [2.24, 2.45) is 0 Å². The lowest BCUT2D eigenvalue weighted by molar-refractivity contribution is -0.141. The van der Waals surface area contributed by atoms with Crippen LogP contribution in [-0.2, 0) is 17.5 Å². The zero-order valence-electron chi connectivity index (χ0n) is 12.2. The Morgan fingerprint density at radius 2 is 2.23 bits per heavy atom. The molecule has 2 heterocycles. The van der Waals surface area contributed by atoms with E-state index in [1.807, 2.05) is 0 Å². The van der Waals surface area contributed by atoms with E-state index >= 15 is 0 Å². The molecule has 0 aliphatic carbocycles. The standard InChI is InChI=1S/C13H19F3N4O2/c1-9-4-10(13(14,15)16)20-11(19-9)5-18-7-12(21)6-17-2-3-22-8-12/h4,17-18,21H,2-3,5-8H2,1H3. The van der Waals surface area contributed by atoms with E-state index < -0.39 is 17.5 Å². The minimum Gasteiger partial charge on any atom is -0.385 e. The van der Waals surface area contributed by atoms with Gasteiger partial charge in [-0.3, -0.25) is 0 Å². The van der Waals surface area contributed by atoms with Crippen LogP contribution < -0.4 is 10.6 Å². The molecular formula is C13H19F3N4O2. The van der Waals surface area contributed by atoms with E-state index in [1.165, 1.54) is 6.92 Å². The summed E-state index contributed by atoms with van der Waals surface area (Å²) in [5.41, 5.74) is -1.82. The average molecular weight is 320 g/mol. The number of aliphatic hydroxyl groups is 1. The molecule has 3 N–H and O–H groups in total. The summed E-state index contributed by atoms with van der Waals surface area (Å²) in [6.45, 7) is 3.36. The van der Waals surface area contributed by atoms with Crippen LogP contribution in [0.1, 0.15) is 17.2 Å². The smallest absolute Gasteiger partial charge is 0.385 e. The van der Waals surface area contributed by atoms with Crippen LogP contribution >= 0.6 is 0 Å². The normalized spacial score (nSPS) is 23.3. The molecule has 2 rings (SSSR count). The van der Waals surface area contributed by atoms with Crippen molar-refractivity contribution in [3.05, 3.63) is 23.3 Å². The first-order valence-electron chi connectivity index (χ1n) is 6.92. The Kier molecular flexibility index (Phi) is 5.32. The van der Waals surface area contributed by atoms with Gasteiger partial charge in [-0.25, -0.2) is 9.97 Å². The highest BCUT2D eigenvalue weighted by Gasteiger charge is 2.33. The van der Waals surface area contributed by atoms with Crippen LogP contribution in [0.15, 0.2) is 6.07 Å². The molecule has 0 bridgehead atoms. The number of hydrogen-bond donors (Lipinski definition) is 3. The molecule has 1 unspecified atom stereocenters. The van der Waals surface area contributed by atoms with Crippen molar-refractivity contribution < 1.29 is 23.0 Å². The van der Waals surface area contributed by atoms with E-state index in [0.29, 0.717) is 19.7 Å². The predicted molar refractivity (Wildman–Crippen MR) is 72.1 cm³/mol. The first-order chi connectivity index (χ1) is 10.3. The maximum atomic E-state index is 12.7. The SMILES string of the molecule is Cc1cc(C(F)(F)F)nc(CNCC2(O)CNCCOC2)n1. The average Bonchev–Trinajstić information content (AvgIpc) is 2.62. The van der Waals surface area contributed by atoms with E-state index in [2.05, 4.69) is 20.6 Å². The summed E-state index contributed by atoms with van der Waals surface area (Å²) < 4.78 is 43.3. The third-order valence-electron chi connectivity index (χ3n) is 3.18. The third-order valence-corrected chi connectivity index (χ3v) is 3.18. The van der Waals surface area contributed by atoms with Crippen LogP contribution in [0.25, 0.3) is 0 Å². The molecule has 0 radical (unpaired) electrons. The van der Waals surface area contributed by atoms with Gasteiger partial charge in [-0.1, -0.05) is 0 Å². The highest BCUT2D eigenvalue weighted by molar-refractivity contribution is 5.13. The van der Waals surface area contributed by atoms with Gasteiger partial charge in [0.15, 0.2) is 0 Å². The Labute approximate surface area is 126 Å². The lowest BCUT2D eigenvalue weighted by Crippen LogP contribution is -2.50. The molecule has 0 amide bonds. The van der Waals surface area contributed by atoms with E-state index in [0.717, 1.165) is 6.07 Å². The van der Waals surface area contributed by atoms with Gasteiger partial charge in [0.05, 0.1) is 19.8 Å². The number of nitrogens with zero attached hydrogens (tertiary/aromatic N) is 2. The summed E-state index contributed by atoms with van der Waals surface area (Å²) in [6, 6.07) is 0.903. The van der Waals surface area contributed by atoms with Gasteiger partial charge in [-0.2, -0.15) is 13.2 Å². The number of halogens is 3. The molecule has 0 spiro atoms. The van der Waals surface area contributed by atoms with Gasteiger partial charge in [0.1, 0.15) is 17.1 Å². The number of ether oxygens (including phenoxy) is 1. The van der Waals surface area contributed by atoms with E-state index in [9.17, 15) is 18.3 Å². The molecule has 1 aromatic rings. The Hall–Kier alpha value is -1.29. The first-order valence-corrected chi connectivity index (χ1v) is 6.92. The van der Waals surface area contributed by atoms with Gasteiger partial charge in [0.25, 0.3) is 0 Å². The zero-order chi connectivity index (χ0) is 16.2. The quantitative estimate of drug-likeness (QED) is 0.738. The number of hydrogen-bond acceptors (Lipinski definition) is 6. The summed E-state index contributed by atoms with van der Waals surface area (Å²) in [7, 11) is 0. The molecule has 9 heteroatoms. The van der Waals surface area contributed by atoms with Crippen molar-refractivity contribution in [2.45, 2.75) is 25.2 Å². The van der Waals surface area contributed by atoms with Crippen molar-refractivity contribution >= 4 is 0 Å². The topological polar surface area (TPSA) is 79.3 Å². The molecule has 6 nitrogen and oxygen atoms in total. The fourth-order valence-electron chi connectivity index (χ4n) is 2.15. The van der Waals surface area contributed by atoms with Crippen LogP contribution in [0, 0.1) is 6.92 Å². The lowest BCUT2D eigenvalue weighted by atomic mass is 10.1. The van der Waals surface area contributed by atoms with Crippen LogP contribution in [0.2, 0.25) is 0 Å². The molecule has 0 saturated carbocycles. The molecular weight excluding hydrogens is 301 g/mol. The summed E-state index contributed by atoms with van der Waals surface area (Å²) in [6.07, 6.45) is -4.50. The molecule has 22 heavy (non-hydrogen) atoms. The van der Waals surface area contributed by atoms with Gasteiger partial charge < -0.3 is 20.5 Å². The molecule has 1 aliphatic rings. The number of β-amino-alcohol motifs (C(OH)–C–C–N with tert-alkyl or cyclic N) is 1. The van der Waals surface area contributed by atoms with Gasteiger partial charge in [-0.15, -0.1) is 0 Å². The van der Waals surface area contributed by atoms with Crippen molar-refractivity contribution in [1.82, 2.24) is 20.6 Å². The second-order valence-electron chi connectivity index (χ2n) is 5.37. The van der Waals surface area contributed by atoms with E-state index in [1.54, 1.807) is 0 Å². The molecule has 1 atom stereocenters. The monoisotopic (exact) mass is 320 g/mol. The minimum atomic E-state index is -4.50. The zero-order valence-corrected chi connectivity index (χ0v) is 12.2. The second kappa shape index (κ2) is 6.86. The Bertz CT molecular complexity index is 503. The maximum absolute atomic E-state index is 12.7. The van der Waals surface area contributed by atoms with Crippen LogP contribution in [0.5, 0.6) is 0 Å². The fraction of sp³-hybridized carbons (Fsp3) is 0.692. The maximum Gasteiger partial charge on any atom is 0.433 e. The number of aryl methyl sites for hydroxylation is 1. The predicted octanol–water partition coefficient (Wildman–Crippen LogP) is 0.244. The van der Waals surface area contributed by atoms with E-state index in [-0.39, 0.29) is 31.2 Å². The Balaban J connectivity index is 1.95. The van der Waals surface area contributed by atoms with Crippen LogP contribution in [0.3, 0.4) is 0 Å². The molecule has 1 aromatic heterocycles. The Morgan fingerprint density at radius 1 is 1.45 bits per heavy atom. The van der Waals surface area contributed by atoms with Gasteiger partial charge >= 0.3 is 6.18 Å². The molecule has 1 saturated heterocycles. The van der Waals surface area contributed by atoms with E-state index in [4.69, 9.17) is 4.74 Å². The van der Waals surface area contributed by atoms with Crippen LogP contribution in [-0.4, -0.2) is 53.5 Å². The first kappa shape index (κ1) is 17.1. The minimum absolute atomic E-state index is 0.0348. The molecule has 1 aliphatic heterocycles. The van der Waals surface area contributed by atoms with Crippen molar-refractivity contribution in [2.75, 3.05) is 32.8 Å². The van der Waals surface area contributed by atoms with Gasteiger partial charge in [-0.05, 0) is 13.0 Å². The summed E-state index contributed by atoms with van der Waals surface area (Å²) in [4.78, 5) is 7.47. The van der Waals surface area contributed by atoms with Gasteiger partial charge in [0, 0.05) is 25.3 Å². The second-order valence-corrected chi connectivity index (χ2v) is 5.37. The van der Waals surface area contributed by atoms with Crippen molar-refractivity contribution in [3.8, 4) is 0 Å². The summed E-state index contributed by atoms with van der Waals surface area (Å²) >= 11 is 0. The van der Waals surface area contributed by atoms with Crippen LogP contribution in [0.4, 0.5) is 13.2 Å².